The van der Waals surface area contributed by atoms with Gasteiger partial charge in [0, 0.05) is 11.6 Å². The molecular weight excluding hydrogens is 376 g/mol. The van der Waals surface area contributed by atoms with E-state index < -0.39 is 17.9 Å². The van der Waals surface area contributed by atoms with Gasteiger partial charge < -0.3 is 18.9 Å². The zero-order chi connectivity index (χ0) is 21.2. The van der Waals surface area contributed by atoms with Crippen LogP contribution in [0.25, 0.3) is 0 Å². The van der Waals surface area contributed by atoms with Crippen LogP contribution in [0.1, 0.15) is 22.8 Å². The van der Waals surface area contributed by atoms with E-state index in [9.17, 15) is 14.4 Å². The third-order valence-electron chi connectivity index (χ3n) is 3.54. The van der Waals surface area contributed by atoms with Crippen molar-refractivity contribution < 1.29 is 33.3 Å². The molecule has 0 aliphatic heterocycles. The van der Waals surface area contributed by atoms with Crippen LogP contribution in [-0.4, -0.2) is 24.7 Å². The van der Waals surface area contributed by atoms with Gasteiger partial charge in [0.15, 0.2) is 0 Å². The van der Waals surface area contributed by atoms with Gasteiger partial charge in [-0.1, -0.05) is 25.3 Å². The van der Waals surface area contributed by atoms with E-state index in [1.807, 2.05) is 0 Å². The van der Waals surface area contributed by atoms with Gasteiger partial charge in [-0.2, -0.15) is 0 Å². The smallest absolute Gasteiger partial charge is 0.343 e. The minimum atomic E-state index is -0.546. The molecule has 2 aromatic rings. The molecular formula is C22H20O7. The summed E-state index contributed by atoms with van der Waals surface area (Å²) in [4.78, 5) is 34.5. The third-order valence-corrected chi connectivity index (χ3v) is 3.54. The largest absolute Gasteiger partial charge is 0.458 e. The fourth-order valence-corrected chi connectivity index (χ4v) is 1.99. The number of hydrogen-bond donors (Lipinski definition) is 0. The number of esters is 3. The Bertz CT molecular complexity index is 896. The Hall–Kier alpha value is -3.87. The van der Waals surface area contributed by atoms with E-state index in [4.69, 9.17) is 18.9 Å². The summed E-state index contributed by atoms with van der Waals surface area (Å²) in [5.74, 6) is -0.830. The van der Waals surface area contributed by atoms with Crippen LogP contribution >= 0.6 is 0 Å². The molecule has 0 amide bonds. The highest BCUT2D eigenvalue weighted by atomic mass is 16.7. The summed E-state index contributed by atoms with van der Waals surface area (Å²) < 4.78 is 20.3. The van der Waals surface area contributed by atoms with Gasteiger partial charge in [-0.05, 0) is 48.9 Å². The molecule has 0 atom stereocenters. The molecule has 150 valence electrons. The first-order valence-electron chi connectivity index (χ1n) is 8.55. The summed E-state index contributed by atoms with van der Waals surface area (Å²) in [7, 11) is 0. The van der Waals surface area contributed by atoms with Gasteiger partial charge in [0.1, 0.15) is 18.1 Å². The molecule has 7 heteroatoms. The van der Waals surface area contributed by atoms with Crippen LogP contribution in [0, 0.1) is 0 Å². The van der Waals surface area contributed by atoms with Crippen molar-refractivity contribution >= 4 is 17.9 Å². The maximum absolute atomic E-state index is 12.2. The molecule has 0 radical (unpaired) electrons. The highest BCUT2D eigenvalue weighted by molar-refractivity contribution is 5.91. The summed E-state index contributed by atoms with van der Waals surface area (Å²) >= 11 is 0. The zero-order valence-corrected chi connectivity index (χ0v) is 15.9. The van der Waals surface area contributed by atoms with Crippen molar-refractivity contribution in [3.63, 3.8) is 0 Å². The number of rotatable bonds is 9. The number of ether oxygens (including phenoxy) is 4. The van der Waals surface area contributed by atoms with Gasteiger partial charge in [0.25, 0.3) is 0 Å². The molecule has 0 N–H and O–H groups in total. The molecule has 2 rings (SSSR count). The molecule has 0 spiro atoms. The quantitative estimate of drug-likeness (QED) is 0.277. The minimum Gasteiger partial charge on any atom is -0.458 e. The minimum absolute atomic E-state index is 0.0994. The Morgan fingerprint density at radius 1 is 0.931 bits per heavy atom. The predicted octanol–water partition coefficient (Wildman–Crippen LogP) is 3.59. The maximum Gasteiger partial charge on any atom is 0.343 e. The van der Waals surface area contributed by atoms with Crippen molar-refractivity contribution in [2.24, 2.45) is 0 Å². The van der Waals surface area contributed by atoms with Crippen molar-refractivity contribution in [3.8, 4) is 11.5 Å². The third kappa shape index (κ3) is 6.99. The van der Waals surface area contributed by atoms with E-state index in [0.717, 1.165) is 11.6 Å². The molecule has 0 bridgehead atoms. The monoisotopic (exact) mass is 396 g/mol. The molecule has 0 heterocycles. The van der Waals surface area contributed by atoms with Crippen LogP contribution in [0.4, 0.5) is 0 Å². The van der Waals surface area contributed by atoms with Crippen LogP contribution in [0.2, 0.25) is 0 Å². The van der Waals surface area contributed by atoms with Crippen molar-refractivity contribution in [1.29, 1.82) is 0 Å². The van der Waals surface area contributed by atoms with E-state index in [1.165, 1.54) is 19.1 Å². The van der Waals surface area contributed by atoms with Gasteiger partial charge in [-0.25, -0.2) is 14.4 Å². The first-order valence-corrected chi connectivity index (χ1v) is 8.55. The Morgan fingerprint density at radius 3 is 2.14 bits per heavy atom. The SMILES string of the molecule is C=CC(=O)OCc1ccc(OC(=O)c2ccc(OCOC(=O)C(=C)C)cc2)cc1. The molecule has 0 fully saturated rings. The van der Waals surface area contributed by atoms with Crippen LogP contribution in [0.3, 0.4) is 0 Å². The Morgan fingerprint density at radius 2 is 1.55 bits per heavy atom. The number of carbonyl (C=O) groups excluding carboxylic acids is 3. The second-order valence-corrected chi connectivity index (χ2v) is 5.84. The van der Waals surface area contributed by atoms with Crippen LogP contribution in [-0.2, 0) is 25.7 Å². The lowest BCUT2D eigenvalue weighted by atomic mass is 10.2. The van der Waals surface area contributed by atoms with Crippen LogP contribution in [0.5, 0.6) is 11.5 Å². The molecule has 0 unspecified atom stereocenters. The topological polar surface area (TPSA) is 88.1 Å². The summed E-state index contributed by atoms with van der Waals surface area (Å²) in [6.07, 6.45) is 1.08. The summed E-state index contributed by atoms with van der Waals surface area (Å²) in [5.41, 5.74) is 1.34. The lowest BCUT2D eigenvalue weighted by Crippen LogP contribution is -2.11. The van der Waals surface area contributed by atoms with Crippen molar-refractivity contribution in [2.45, 2.75) is 13.5 Å². The van der Waals surface area contributed by atoms with Crippen LogP contribution < -0.4 is 9.47 Å². The van der Waals surface area contributed by atoms with Crippen molar-refractivity contribution in [2.75, 3.05) is 6.79 Å². The molecule has 0 saturated carbocycles. The fraction of sp³-hybridized carbons (Fsp3) is 0.136. The molecule has 0 aliphatic carbocycles. The molecule has 0 saturated heterocycles. The number of carbonyl (C=O) groups is 3. The molecule has 0 aliphatic rings. The Balaban J connectivity index is 1.85. The van der Waals surface area contributed by atoms with Crippen molar-refractivity contribution in [3.05, 3.63) is 84.5 Å². The highest BCUT2D eigenvalue weighted by Crippen LogP contribution is 2.17. The van der Waals surface area contributed by atoms with Gasteiger partial charge in [-0.15, -0.1) is 0 Å². The Labute approximate surface area is 168 Å². The first-order chi connectivity index (χ1) is 13.9. The summed E-state index contributed by atoms with van der Waals surface area (Å²) in [6, 6.07) is 12.7. The first kappa shape index (κ1) is 21.4. The highest BCUT2D eigenvalue weighted by Gasteiger charge is 2.10. The van der Waals surface area contributed by atoms with E-state index in [2.05, 4.69) is 13.2 Å². The average Bonchev–Trinajstić information content (AvgIpc) is 2.73. The van der Waals surface area contributed by atoms with E-state index in [1.54, 1.807) is 36.4 Å². The van der Waals surface area contributed by atoms with Gasteiger partial charge in [0.2, 0.25) is 6.79 Å². The molecule has 0 aromatic heterocycles. The average molecular weight is 396 g/mol. The zero-order valence-electron chi connectivity index (χ0n) is 15.9. The van der Waals surface area contributed by atoms with E-state index in [-0.39, 0.29) is 19.0 Å². The predicted molar refractivity (Wildman–Crippen MR) is 104 cm³/mol. The molecule has 29 heavy (non-hydrogen) atoms. The normalized spacial score (nSPS) is 9.83. The van der Waals surface area contributed by atoms with Gasteiger partial charge in [0.05, 0.1) is 5.56 Å². The number of benzene rings is 2. The van der Waals surface area contributed by atoms with Crippen LogP contribution in [0.15, 0.2) is 73.3 Å². The van der Waals surface area contributed by atoms with E-state index >= 15 is 0 Å². The second kappa shape index (κ2) is 10.5. The lowest BCUT2D eigenvalue weighted by Gasteiger charge is -2.08. The van der Waals surface area contributed by atoms with Gasteiger partial charge >= 0.3 is 17.9 Å². The van der Waals surface area contributed by atoms with Gasteiger partial charge in [-0.3, -0.25) is 0 Å². The summed E-state index contributed by atoms with van der Waals surface area (Å²) in [6.45, 7) is 8.16. The summed E-state index contributed by atoms with van der Waals surface area (Å²) in [5, 5.41) is 0. The lowest BCUT2D eigenvalue weighted by molar-refractivity contribution is -0.145. The standard InChI is InChI=1S/C22H20O7/c1-4-20(23)26-13-16-5-9-19(10-6-16)29-22(25)17-7-11-18(12-8-17)27-14-28-21(24)15(2)3/h4-12H,1-2,13-14H2,3H3. The molecule has 7 nitrogen and oxygen atoms in total. The number of hydrogen-bond acceptors (Lipinski definition) is 7. The second-order valence-electron chi connectivity index (χ2n) is 5.84. The maximum atomic E-state index is 12.2. The van der Waals surface area contributed by atoms with Crippen molar-refractivity contribution in [1.82, 2.24) is 0 Å². The molecule has 2 aromatic carbocycles. The fourth-order valence-electron chi connectivity index (χ4n) is 1.99. The Kier molecular flexibility index (Phi) is 7.73. The van der Waals surface area contributed by atoms with E-state index in [0.29, 0.717) is 17.1 Å².